The fourth-order valence-corrected chi connectivity index (χ4v) is 4.97. The third-order valence-corrected chi connectivity index (χ3v) is 6.80. The summed E-state index contributed by atoms with van der Waals surface area (Å²) in [4.78, 5) is 21.5. The fraction of sp³-hybridized carbons (Fsp3) is 0.500. The molecule has 1 aliphatic rings. The van der Waals surface area contributed by atoms with Gasteiger partial charge in [-0.05, 0) is 25.0 Å². The lowest BCUT2D eigenvalue weighted by atomic mass is 9.49. The van der Waals surface area contributed by atoms with Crippen molar-refractivity contribution in [1.82, 2.24) is 15.3 Å². The smallest absolute Gasteiger partial charge is 0.271 e. The Hall–Kier alpha value is -2.65. The van der Waals surface area contributed by atoms with Crippen molar-refractivity contribution in [2.45, 2.75) is 66.5 Å². The first-order valence-corrected chi connectivity index (χ1v) is 10.8. The van der Waals surface area contributed by atoms with Crippen LogP contribution in [-0.2, 0) is 0 Å². The predicted octanol–water partition coefficient (Wildman–Crippen LogP) is 5.05. The van der Waals surface area contributed by atoms with Gasteiger partial charge in [0.15, 0.2) is 0 Å². The van der Waals surface area contributed by atoms with Gasteiger partial charge < -0.3 is 10.1 Å². The highest BCUT2D eigenvalue weighted by molar-refractivity contribution is 6.32. The van der Waals surface area contributed by atoms with E-state index in [1.54, 1.807) is 18.3 Å². The first-order valence-electron chi connectivity index (χ1n) is 10.4. The molecule has 1 aromatic heterocycles. The fourth-order valence-electron chi connectivity index (χ4n) is 4.77. The van der Waals surface area contributed by atoms with E-state index in [1.807, 2.05) is 20.8 Å². The van der Waals surface area contributed by atoms with Gasteiger partial charge in [0.25, 0.3) is 5.91 Å². The topological polar surface area (TPSA) is 87.9 Å². The van der Waals surface area contributed by atoms with Crippen molar-refractivity contribution in [3.8, 4) is 11.8 Å². The maximum Gasteiger partial charge on any atom is 0.271 e. The third kappa shape index (κ3) is 3.99. The molecule has 0 unspecified atom stereocenters. The normalized spacial score (nSPS) is 21.2. The molecule has 164 valence electrons. The predicted molar refractivity (Wildman–Crippen MR) is 120 cm³/mol. The van der Waals surface area contributed by atoms with Gasteiger partial charge in [-0.25, -0.2) is 4.98 Å². The van der Waals surface area contributed by atoms with Crippen LogP contribution in [0.25, 0.3) is 0 Å². The summed E-state index contributed by atoms with van der Waals surface area (Å²) in [5, 5.41) is 12.7. The summed E-state index contributed by atoms with van der Waals surface area (Å²) < 4.78 is 6.38. The van der Waals surface area contributed by atoms with Crippen LogP contribution in [0, 0.1) is 29.1 Å². The van der Waals surface area contributed by atoms with Crippen LogP contribution < -0.4 is 10.1 Å². The number of benzene rings is 1. The highest BCUT2D eigenvalue weighted by Gasteiger charge is 2.64. The van der Waals surface area contributed by atoms with Gasteiger partial charge in [-0.15, -0.1) is 0 Å². The Morgan fingerprint density at radius 3 is 2.35 bits per heavy atom. The molecule has 31 heavy (non-hydrogen) atoms. The Morgan fingerprint density at radius 1 is 1.19 bits per heavy atom. The minimum absolute atomic E-state index is 0.127. The minimum atomic E-state index is -0.336. The Labute approximate surface area is 189 Å². The van der Waals surface area contributed by atoms with Gasteiger partial charge in [0, 0.05) is 28.6 Å². The number of amides is 1. The number of rotatable bonds is 5. The molecule has 0 atom stereocenters. The zero-order valence-corrected chi connectivity index (χ0v) is 19.8. The monoisotopic (exact) mass is 440 g/mol. The summed E-state index contributed by atoms with van der Waals surface area (Å²) in [6.07, 6.45) is 3.02. The quantitative estimate of drug-likeness (QED) is 0.703. The van der Waals surface area contributed by atoms with Gasteiger partial charge in [0.05, 0.1) is 22.5 Å². The largest absolute Gasteiger partial charge is 0.489 e. The summed E-state index contributed by atoms with van der Waals surface area (Å²) in [7, 11) is 0. The van der Waals surface area contributed by atoms with E-state index in [9.17, 15) is 4.79 Å². The molecule has 0 saturated heterocycles. The van der Waals surface area contributed by atoms with Gasteiger partial charge in [-0.3, -0.25) is 9.78 Å². The van der Waals surface area contributed by atoms with E-state index < -0.39 is 0 Å². The number of hydrogen-bond acceptors (Lipinski definition) is 5. The Bertz CT molecular complexity index is 1020. The van der Waals surface area contributed by atoms with E-state index in [0.717, 1.165) is 11.3 Å². The summed E-state index contributed by atoms with van der Waals surface area (Å²) >= 11 is 6.31. The second-order valence-corrected chi connectivity index (χ2v) is 10.1. The zero-order valence-electron chi connectivity index (χ0n) is 19.1. The highest BCUT2D eigenvalue weighted by atomic mass is 35.5. The van der Waals surface area contributed by atoms with E-state index in [2.05, 4.69) is 49.0 Å². The van der Waals surface area contributed by atoms with Gasteiger partial charge in [0.1, 0.15) is 23.6 Å². The lowest BCUT2D eigenvalue weighted by Crippen LogP contribution is -2.74. The van der Waals surface area contributed by atoms with Crippen LogP contribution in [0.4, 0.5) is 0 Å². The Morgan fingerprint density at radius 2 is 1.84 bits per heavy atom. The van der Waals surface area contributed by atoms with Crippen molar-refractivity contribution in [2.75, 3.05) is 0 Å². The summed E-state index contributed by atoms with van der Waals surface area (Å²) in [5.74, 6) is 0.659. The molecule has 1 amide bonds. The highest BCUT2D eigenvalue weighted by Crippen LogP contribution is 2.56. The van der Waals surface area contributed by atoms with Crippen LogP contribution in [0.3, 0.4) is 0 Å². The summed E-state index contributed by atoms with van der Waals surface area (Å²) in [5.41, 5.74) is 1.64. The van der Waals surface area contributed by atoms with Crippen molar-refractivity contribution in [2.24, 2.45) is 10.8 Å². The van der Waals surface area contributed by atoms with Crippen molar-refractivity contribution < 1.29 is 9.53 Å². The lowest BCUT2D eigenvalue weighted by Gasteiger charge is -2.63. The van der Waals surface area contributed by atoms with Crippen LogP contribution in [0.1, 0.15) is 74.8 Å². The number of nitrogens with one attached hydrogen (secondary N) is 1. The standard InChI is InChI=1S/C24H29ClN4O2/c1-13(2)16-11-28-17(12-27-16)20(30)29-21-23(4,5)22(24(21,6)7)31-18-9-8-15(10-26)19(25)14(18)3/h8-9,11-13,21-22H,1-7H3,(H,29,30). The maximum atomic E-state index is 12.8. The first kappa shape index (κ1) is 23.0. The van der Waals surface area contributed by atoms with Gasteiger partial charge in [-0.1, -0.05) is 53.1 Å². The molecule has 1 N–H and O–H groups in total. The SMILES string of the molecule is Cc1c(OC2C(C)(C)C(NC(=O)c3cnc(C(C)C)cn3)C2(C)C)ccc(C#N)c1Cl. The first-order chi connectivity index (χ1) is 14.4. The van der Waals surface area contributed by atoms with Crippen LogP contribution in [0.5, 0.6) is 5.75 Å². The van der Waals surface area contributed by atoms with E-state index in [4.69, 9.17) is 21.6 Å². The number of carbonyl (C=O) groups is 1. The Balaban J connectivity index is 1.77. The molecule has 1 saturated carbocycles. The zero-order chi connectivity index (χ0) is 23.1. The van der Waals surface area contributed by atoms with E-state index in [0.29, 0.717) is 22.0 Å². The molecule has 7 heteroatoms. The maximum absolute atomic E-state index is 12.8. The number of nitriles is 1. The molecule has 6 nitrogen and oxygen atoms in total. The van der Waals surface area contributed by atoms with Gasteiger partial charge in [-0.2, -0.15) is 5.26 Å². The van der Waals surface area contributed by atoms with E-state index in [-0.39, 0.29) is 34.8 Å². The molecular weight excluding hydrogens is 412 g/mol. The van der Waals surface area contributed by atoms with Crippen LogP contribution in [0.15, 0.2) is 24.5 Å². The molecule has 0 radical (unpaired) electrons. The second-order valence-electron chi connectivity index (χ2n) is 9.69. The molecule has 2 aromatic rings. The van der Waals surface area contributed by atoms with Gasteiger partial charge in [0.2, 0.25) is 0 Å². The Kier molecular flexibility index (Phi) is 6.03. The molecule has 0 aliphatic heterocycles. The van der Waals surface area contributed by atoms with Crippen molar-refractivity contribution in [1.29, 1.82) is 5.26 Å². The third-order valence-electron chi connectivity index (χ3n) is 6.31. The average molecular weight is 441 g/mol. The number of carbonyl (C=O) groups excluding carboxylic acids is 1. The molecular formula is C24H29ClN4O2. The summed E-state index contributed by atoms with van der Waals surface area (Å²) in [6.45, 7) is 14.2. The van der Waals surface area contributed by atoms with Gasteiger partial charge >= 0.3 is 0 Å². The number of hydrogen-bond donors (Lipinski definition) is 1. The molecule has 3 rings (SSSR count). The van der Waals surface area contributed by atoms with Crippen molar-refractivity contribution in [3.05, 3.63) is 52.1 Å². The molecule has 1 heterocycles. The minimum Gasteiger partial charge on any atom is -0.489 e. The number of ether oxygens (including phenoxy) is 1. The number of halogens is 1. The molecule has 1 aromatic carbocycles. The van der Waals surface area contributed by atoms with Crippen LogP contribution in [0.2, 0.25) is 5.02 Å². The van der Waals surface area contributed by atoms with Crippen LogP contribution in [-0.4, -0.2) is 28.0 Å². The van der Waals surface area contributed by atoms with Crippen LogP contribution >= 0.6 is 11.6 Å². The molecule has 1 fully saturated rings. The molecule has 0 spiro atoms. The summed E-state index contributed by atoms with van der Waals surface area (Å²) in [6, 6.07) is 5.41. The second kappa shape index (κ2) is 8.12. The van der Waals surface area contributed by atoms with Crippen molar-refractivity contribution in [3.63, 3.8) is 0 Å². The molecule has 0 bridgehead atoms. The number of aromatic nitrogens is 2. The van der Waals surface area contributed by atoms with Crippen molar-refractivity contribution >= 4 is 17.5 Å². The lowest BCUT2D eigenvalue weighted by molar-refractivity contribution is -0.164. The number of nitrogens with zero attached hydrogens (tertiary/aromatic N) is 3. The van der Waals surface area contributed by atoms with E-state index >= 15 is 0 Å². The molecule has 1 aliphatic carbocycles. The average Bonchev–Trinajstić information content (AvgIpc) is 2.72. The van der Waals surface area contributed by atoms with E-state index in [1.165, 1.54) is 6.20 Å².